The van der Waals surface area contributed by atoms with E-state index in [0.29, 0.717) is 83.7 Å². The number of likely N-dealkylation sites (tertiary alicyclic amines) is 2. The molecule has 3 amide bonds. The number of likely N-dealkylation sites (N-methyl/N-ethyl adjacent to an activating group) is 1. The lowest BCUT2D eigenvalue weighted by Gasteiger charge is -2.37. The van der Waals surface area contributed by atoms with Crippen molar-refractivity contribution in [1.82, 2.24) is 35.6 Å². The van der Waals surface area contributed by atoms with Gasteiger partial charge in [-0.05, 0) is 240 Å². The van der Waals surface area contributed by atoms with E-state index in [4.69, 9.17) is 69.6 Å². The van der Waals surface area contributed by atoms with Crippen LogP contribution in [-0.2, 0) is 45.0 Å². The summed E-state index contributed by atoms with van der Waals surface area (Å²) < 4.78 is 76.6. The molecule has 6 fully saturated rings. The number of halogens is 11. The lowest BCUT2D eigenvalue weighted by Crippen LogP contribution is -2.49. The molecule has 6 saturated heterocycles. The van der Waals surface area contributed by atoms with E-state index in [0.717, 1.165) is 96.8 Å². The number of Topliss-reactive ketones (excluding diaryl/α,β-unsaturated/α-hetero) is 3. The summed E-state index contributed by atoms with van der Waals surface area (Å²) in [6.07, 6.45) is 11.3. The number of anilines is 3. The lowest BCUT2D eigenvalue weighted by atomic mass is 9.62. The molecule has 0 radical (unpaired) electrons. The van der Waals surface area contributed by atoms with Gasteiger partial charge < -0.3 is 51.5 Å². The summed E-state index contributed by atoms with van der Waals surface area (Å²) in [5.41, 5.74) is -1.11. The van der Waals surface area contributed by atoms with Gasteiger partial charge >= 0.3 is 0 Å². The molecule has 648 valence electrons. The molecular formula is C93H113Cl6F5N10O6. The maximum atomic E-state index is 15.8. The number of ketones is 3. The van der Waals surface area contributed by atoms with Gasteiger partial charge in [0.2, 0.25) is 17.7 Å². The Balaban J connectivity index is 0.000000156. The van der Waals surface area contributed by atoms with Crippen LogP contribution < -0.4 is 31.9 Å². The smallest absolute Gasteiger partial charge is 0.237 e. The number of piperazine rings is 1. The van der Waals surface area contributed by atoms with Gasteiger partial charge in [0.05, 0.1) is 43.2 Å². The second kappa shape index (κ2) is 37.2. The van der Waals surface area contributed by atoms with Gasteiger partial charge in [-0.1, -0.05) is 168 Å². The van der Waals surface area contributed by atoms with Crippen molar-refractivity contribution >= 4 is 122 Å². The number of nitrogens with one attached hydrogen (secondary N) is 6. The lowest BCUT2D eigenvalue weighted by molar-refractivity contribution is -0.124. The molecule has 9 aliphatic heterocycles. The van der Waals surface area contributed by atoms with Crippen molar-refractivity contribution in [2.24, 2.45) is 16.2 Å². The van der Waals surface area contributed by atoms with E-state index in [1.807, 2.05) is 59.7 Å². The summed E-state index contributed by atoms with van der Waals surface area (Å²) in [6.45, 7) is 29.8. The fourth-order valence-electron chi connectivity index (χ4n) is 20.9. The maximum Gasteiger partial charge on any atom is 0.237 e. The van der Waals surface area contributed by atoms with E-state index >= 15 is 17.6 Å². The minimum absolute atomic E-state index is 0.0493. The van der Waals surface area contributed by atoms with Crippen molar-refractivity contribution in [3.8, 4) is 0 Å². The fraction of sp³-hybridized carbons (Fsp3) is 0.548. The molecule has 0 bridgehead atoms. The summed E-state index contributed by atoms with van der Waals surface area (Å²) in [4.78, 5) is 94.0. The Hall–Kier alpha value is -6.15. The van der Waals surface area contributed by atoms with Gasteiger partial charge in [0.25, 0.3) is 0 Å². The molecule has 9 heterocycles. The molecule has 6 aromatic carbocycles. The van der Waals surface area contributed by atoms with Crippen molar-refractivity contribution < 1.29 is 50.7 Å². The van der Waals surface area contributed by atoms with Crippen LogP contribution in [0.15, 0.2) is 97.1 Å². The summed E-state index contributed by atoms with van der Waals surface area (Å²) in [6, 6.07) is 21.0. The average molecular weight is 1770 g/mol. The number of carbonyl (C=O) groups excluding carboxylic acids is 6. The third-order valence-corrected chi connectivity index (χ3v) is 27.9. The maximum absolute atomic E-state index is 15.8. The van der Waals surface area contributed by atoms with Crippen LogP contribution in [0.3, 0.4) is 0 Å². The first-order valence-electron chi connectivity index (χ1n) is 42.5. The SMILES string of the molecule is CC(C)(C)C[C@H]1N[C@@H](C(=O)CCCCN2CCCC2)[C@H](c2cccc(Cl)c2F)[C@@]12C(=O)Nc1cc(Cl)c(F)cc12.CC(C)(C)C[C@H]1N[C@@H](C(=O)CCCN2CCCC2)[C@H](c2cccc(Cl)c2F)[C@@]12C(=O)Nc1cc(Cl)c(F)cc12.CN1CCN(CCCCC(=O)[C@@H]2N[C@H](CC(C)(C)C)[C@]3(C(=O)Nc4cc(Cl)c(F)cc43)[C@H]2c2cccc(Cl)c2)CC1. The number of hydrogen-bond donors (Lipinski definition) is 6. The van der Waals surface area contributed by atoms with E-state index in [1.54, 1.807) is 30.3 Å². The predicted molar refractivity (Wildman–Crippen MR) is 469 cm³/mol. The Bertz CT molecular complexity index is 4850. The minimum atomic E-state index is -1.45. The van der Waals surface area contributed by atoms with Gasteiger partial charge in [-0.25, -0.2) is 22.0 Å². The topological polar surface area (TPSA) is 188 Å². The first-order valence-corrected chi connectivity index (χ1v) is 44.8. The van der Waals surface area contributed by atoms with Crippen LogP contribution in [0, 0.1) is 45.3 Å². The van der Waals surface area contributed by atoms with E-state index in [2.05, 4.69) is 79.3 Å². The number of benzene rings is 6. The molecule has 9 aliphatic rings. The molecule has 0 aromatic heterocycles. The van der Waals surface area contributed by atoms with Crippen molar-refractivity contribution in [2.75, 3.05) is 95.0 Å². The van der Waals surface area contributed by atoms with Crippen LogP contribution in [0.25, 0.3) is 0 Å². The summed E-state index contributed by atoms with van der Waals surface area (Å²) in [5, 5.41) is 19.4. The van der Waals surface area contributed by atoms with Crippen molar-refractivity contribution in [2.45, 2.75) is 229 Å². The van der Waals surface area contributed by atoms with Crippen LogP contribution in [0.5, 0.6) is 0 Å². The van der Waals surface area contributed by atoms with Crippen LogP contribution in [0.4, 0.5) is 39.0 Å². The molecule has 0 saturated carbocycles. The Morgan fingerprint density at radius 1 is 0.400 bits per heavy atom. The third-order valence-electron chi connectivity index (χ3n) is 26.2. The quantitative estimate of drug-likeness (QED) is 0.0263. The van der Waals surface area contributed by atoms with Gasteiger partial charge in [-0.2, -0.15) is 0 Å². The van der Waals surface area contributed by atoms with E-state index in [9.17, 15) is 33.2 Å². The molecule has 27 heteroatoms. The molecule has 3 spiro atoms. The predicted octanol–water partition coefficient (Wildman–Crippen LogP) is 19.2. The van der Waals surface area contributed by atoms with Crippen molar-refractivity contribution in [3.05, 3.63) is 190 Å². The second-order valence-corrected chi connectivity index (χ2v) is 40.7. The Morgan fingerprint density at radius 2 is 0.725 bits per heavy atom. The zero-order chi connectivity index (χ0) is 86.5. The molecule has 16 nitrogen and oxygen atoms in total. The molecule has 0 unspecified atom stereocenters. The number of fused-ring (bicyclic) bond motifs is 6. The number of nitrogens with zero attached hydrogens (tertiary/aromatic N) is 4. The summed E-state index contributed by atoms with van der Waals surface area (Å²) in [5.74, 6) is -6.89. The van der Waals surface area contributed by atoms with E-state index < -0.39 is 111 Å². The average Bonchev–Trinajstić information content (AvgIpc) is 1.55. The molecule has 6 N–H and O–H groups in total. The Morgan fingerprint density at radius 3 is 1.08 bits per heavy atom. The third kappa shape index (κ3) is 18.7. The molecule has 0 aliphatic carbocycles. The van der Waals surface area contributed by atoms with Gasteiger partial charge in [-0.3, -0.25) is 28.8 Å². The largest absolute Gasteiger partial charge is 0.325 e. The monoisotopic (exact) mass is 1770 g/mol. The molecular weight excluding hydrogens is 1660 g/mol. The zero-order valence-electron chi connectivity index (χ0n) is 70.2. The van der Waals surface area contributed by atoms with Crippen molar-refractivity contribution in [1.29, 1.82) is 0 Å². The molecule has 6 aromatic rings. The second-order valence-electron chi connectivity index (χ2n) is 38.2. The highest BCUT2D eigenvalue weighted by molar-refractivity contribution is 6.33. The van der Waals surface area contributed by atoms with Crippen LogP contribution in [0.1, 0.15) is 210 Å². The first kappa shape index (κ1) is 91.5. The van der Waals surface area contributed by atoms with Gasteiger partial charge in [-0.15, -0.1) is 0 Å². The van der Waals surface area contributed by atoms with Gasteiger partial charge in [0.15, 0.2) is 0 Å². The molecule has 15 rings (SSSR count). The number of hydrogen-bond acceptors (Lipinski definition) is 13. The highest BCUT2D eigenvalue weighted by Gasteiger charge is 2.69. The fourth-order valence-corrected chi connectivity index (χ4v) is 22.0. The normalized spacial score (nSPS) is 26.7. The summed E-state index contributed by atoms with van der Waals surface area (Å²) >= 11 is 37.3. The zero-order valence-corrected chi connectivity index (χ0v) is 74.8. The highest BCUT2D eigenvalue weighted by Crippen LogP contribution is 2.62. The summed E-state index contributed by atoms with van der Waals surface area (Å²) in [7, 11) is 2.15. The van der Waals surface area contributed by atoms with E-state index in [1.165, 1.54) is 74.2 Å². The Kier molecular flexibility index (Phi) is 28.4. The number of rotatable bonds is 23. The van der Waals surface area contributed by atoms with E-state index in [-0.39, 0.29) is 82.2 Å². The van der Waals surface area contributed by atoms with Crippen molar-refractivity contribution in [3.63, 3.8) is 0 Å². The number of amides is 3. The highest BCUT2D eigenvalue weighted by atomic mass is 35.5. The Labute approximate surface area is 732 Å². The van der Waals surface area contributed by atoms with Gasteiger partial charge in [0.1, 0.15) is 62.7 Å². The molecule has 12 atom stereocenters. The van der Waals surface area contributed by atoms with Gasteiger partial charge in [0, 0.05) is 103 Å². The first-order chi connectivity index (χ1) is 56.8. The number of carbonyl (C=O) groups is 6. The number of unbranched alkanes of at least 4 members (excludes halogenated alkanes) is 2. The van der Waals surface area contributed by atoms with Crippen LogP contribution >= 0.6 is 69.6 Å². The van der Waals surface area contributed by atoms with Crippen LogP contribution in [0.2, 0.25) is 30.1 Å². The van der Waals surface area contributed by atoms with Crippen LogP contribution in [-0.4, -0.2) is 170 Å². The molecule has 120 heavy (non-hydrogen) atoms. The minimum Gasteiger partial charge on any atom is -0.325 e. The standard InChI is InChI=1S/C32H41Cl2FN4O2.C31H37Cl2F2N3O2.C30H35Cl2F2N3O2/c1-31(2,3)19-27-32(22-17-24(35)23(34)18-25(22)36-30(32)41)28(20-8-7-9-21(33)16-20)29(37-27)26(40)10-5-6-11-39-14-12-38(4)13-15-39;1-30(2,3)17-25-31(19-15-22(34)21(33)16-23(19)36-29(31)40)26(18-9-8-10-20(32)27(18)35)28(37-25)24(39)11-4-5-12-38-13-6-7-14-38;1-29(2,3)16-24-30(18-14-21(33)20(32)15-22(18)35-28(30)39)25(17-8-6-9-19(31)26(17)34)27(36-24)23(38)10-7-13-37-11-4-5-12-37/h7-9,16-18,27-29,37H,5-6,10-15,19H2,1-4H3,(H,36,41);8-10,15-16,25-26,28,37H,4-7,11-14,17H2,1-3H3,(H,36,40);6,8-9,14-15,24-25,27,36H,4-5,7,10-13,16H2,1-3H3,(H,35,39)/t27-,28+,29+,32+;25-,26+,28+,31+;24-,25+,27+,30+/m111/s1.